The van der Waals surface area contributed by atoms with E-state index in [2.05, 4.69) is 10.3 Å². The largest absolute Gasteiger partial charge is 0.497 e. The third-order valence-corrected chi connectivity index (χ3v) is 4.09. The van der Waals surface area contributed by atoms with Crippen molar-refractivity contribution in [1.82, 2.24) is 15.0 Å². The molecule has 128 valence electrons. The predicted molar refractivity (Wildman–Crippen MR) is 103 cm³/mol. The summed E-state index contributed by atoms with van der Waals surface area (Å²) in [6, 6.07) is 21.6. The van der Waals surface area contributed by atoms with Gasteiger partial charge in [-0.25, -0.2) is 9.97 Å². The van der Waals surface area contributed by atoms with Crippen LogP contribution in [0.15, 0.2) is 72.9 Å². The van der Waals surface area contributed by atoms with Crippen molar-refractivity contribution >= 4 is 16.7 Å². The highest BCUT2D eigenvalue weighted by molar-refractivity contribution is 5.90. The lowest BCUT2D eigenvalue weighted by Gasteiger charge is -2.11. The average molecular weight is 342 g/mol. The SMILES string of the molecule is COc1cccc(-c2nc(NCc3ccccn3)c3ccccc3n2)c1. The molecule has 0 unspecified atom stereocenters. The van der Waals surface area contributed by atoms with E-state index in [-0.39, 0.29) is 0 Å². The predicted octanol–water partition coefficient (Wildman–Crippen LogP) is 4.31. The van der Waals surface area contributed by atoms with Crippen LogP contribution in [0, 0.1) is 0 Å². The van der Waals surface area contributed by atoms with E-state index < -0.39 is 0 Å². The van der Waals surface area contributed by atoms with Crippen LogP contribution in [0.25, 0.3) is 22.3 Å². The average Bonchev–Trinajstić information content (AvgIpc) is 2.72. The first-order valence-corrected chi connectivity index (χ1v) is 8.38. The molecule has 0 aliphatic carbocycles. The molecule has 0 amide bonds. The first-order valence-electron chi connectivity index (χ1n) is 8.38. The van der Waals surface area contributed by atoms with Crippen LogP contribution >= 0.6 is 0 Å². The summed E-state index contributed by atoms with van der Waals surface area (Å²) in [4.78, 5) is 13.8. The first kappa shape index (κ1) is 16.0. The van der Waals surface area contributed by atoms with Crippen molar-refractivity contribution in [3.8, 4) is 17.1 Å². The first-order chi connectivity index (χ1) is 12.8. The van der Waals surface area contributed by atoms with Crippen molar-refractivity contribution in [2.24, 2.45) is 0 Å². The molecule has 2 aromatic carbocycles. The molecule has 0 aliphatic heterocycles. The Bertz CT molecular complexity index is 1030. The van der Waals surface area contributed by atoms with Gasteiger partial charge in [0.25, 0.3) is 0 Å². The number of nitrogens with one attached hydrogen (secondary N) is 1. The minimum atomic E-state index is 0.597. The van der Waals surface area contributed by atoms with Crippen LogP contribution in [0.5, 0.6) is 5.75 Å². The van der Waals surface area contributed by atoms with Gasteiger partial charge in [-0.15, -0.1) is 0 Å². The minimum Gasteiger partial charge on any atom is -0.497 e. The lowest BCUT2D eigenvalue weighted by molar-refractivity contribution is 0.415. The number of pyridine rings is 1. The Labute approximate surface area is 151 Å². The normalized spacial score (nSPS) is 10.7. The number of para-hydroxylation sites is 1. The van der Waals surface area contributed by atoms with Crippen molar-refractivity contribution < 1.29 is 4.74 Å². The summed E-state index contributed by atoms with van der Waals surface area (Å²) in [5.74, 6) is 2.23. The van der Waals surface area contributed by atoms with Crippen molar-refractivity contribution in [3.05, 3.63) is 78.6 Å². The van der Waals surface area contributed by atoms with Gasteiger partial charge in [0.1, 0.15) is 11.6 Å². The molecule has 26 heavy (non-hydrogen) atoms. The molecule has 0 bridgehead atoms. The van der Waals surface area contributed by atoms with E-state index in [1.807, 2.05) is 66.7 Å². The summed E-state index contributed by atoms with van der Waals surface area (Å²) in [7, 11) is 1.65. The third-order valence-electron chi connectivity index (χ3n) is 4.09. The maximum atomic E-state index is 5.32. The zero-order valence-corrected chi connectivity index (χ0v) is 14.4. The van der Waals surface area contributed by atoms with Gasteiger partial charge in [0, 0.05) is 17.1 Å². The molecular formula is C21H18N4O. The van der Waals surface area contributed by atoms with Crippen molar-refractivity contribution in [2.75, 3.05) is 12.4 Å². The lowest BCUT2D eigenvalue weighted by Crippen LogP contribution is -2.05. The van der Waals surface area contributed by atoms with Gasteiger partial charge in [-0.2, -0.15) is 0 Å². The Morgan fingerprint density at radius 3 is 2.65 bits per heavy atom. The van der Waals surface area contributed by atoms with Crippen molar-refractivity contribution in [3.63, 3.8) is 0 Å². The van der Waals surface area contributed by atoms with E-state index >= 15 is 0 Å². The fraction of sp³-hybridized carbons (Fsp3) is 0.0952. The fourth-order valence-electron chi connectivity index (χ4n) is 2.78. The molecule has 0 aliphatic rings. The topological polar surface area (TPSA) is 59.9 Å². The van der Waals surface area contributed by atoms with Crippen LogP contribution in [0.4, 0.5) is 5.82 Å². The van der Waals surface area contributed by atoms with Gasteiger partial charge in [-0.3, -0.25) is 4.98 Å². The van der Waals surface area contributed by atoms with E-state index in [4.69, 9.17) is 14.7 Å². The fourth-order valence-corrected chi connectivity index (χ4v) is 2.78. The summed E-state index contributed by atoms with van der Waals surface area (Å²) in [5, 5.41) is 4.38. The van der Waals surface area contributed by atoms with E-state index in [0.29, 0.717) is 12.4 Å². The standard InChI is InChI=1S/C21H18N4O/c1-26-17-9-6-7-15(13-17)20-24-19-11-3-2-10-18(19)21(25-20)23-14-16-8-4-5-12-22-16/h2-13H,14H2,1H3,(H,23,24,25). The van der Waals surface area contributed by atoms with Gasteiger partial charge >= 0.3 is 0 Å². The summed E-state index contributed by atoms with van der Waals surface area (Å²) >= 11 is 0. The van der Waals surface area contributed by atoms with Crippen LogP contribution < -0.4 is 10.1 Å². The second-order valence-electron chi connectivity index (χ2n) is 5.82. The number of anilines is 1. The summed E-state index contributed by atoms with van der Waals surface area (Å²) < 4.78 is 5.32. The number of fused-ring (bicyclic) bond motifs is 1. The molecule has 4 aromatic rings. The number of hydrogen-bond acceptors (Lipinski definition) is 5. The summed E-state index contributed by atoms with van der Waals surface area (Å²) in [5.41, 5.74) is 2.76. The highest BCUT2D eigenvalue weighted by Gasteiger charge is 2.10. The van der Waals surface area contributed by atoms with Crippen molar-refractivity contribution in [2.45, 2.75) is 6.54 Å². The van der Waals surface area contributed by atoms with Crippen LogP contribution in [0.1, 0.15) is 5.69 Å². The maximum absolute atomic E-state index is 5.32. The van der Waals surface area contributed by atoms with Gasteiger partial charge in [0.05, 0.1) is 24.9 Å². The Hall–Kier alpha value is -3.47. The van der Waals surface area contributed by atoms with Crippen LogP contribution in [0.3, 0.4) is 0 Å². The molecule has 5 heteroatoms. The Balaban J connectivity index is 1.75. The van der Waals surface area contributed by atoms with E-state index in [0.717, 1.165) is 33.7 Å². The molecule has 2 aromatic heterocycles. The van der Waals surface area contributed by atoms with Crippen LogP contribution in [-0.2, 0) is 6.54 Å². The zero-order valence-electron chi connectivity index (χ0n) is 14.4. The molecule has 1 N–H and O–H groups in total. The molecule has 0 spiro atoms. The van der Waals surface area contributed by atoms with Gasteiger partial charge in [-0.05, 0) is 36.4 Å². The van der Waals surface area contributed by atoms with Gasteiger partial charge < -0.3 is 10.1 Å². The molecule has 4 rings (SSSR count). The number of aromatic nitrogens is 3. The summed E-state index contributed by atoms with van der Waals surface area (Å²) in [6.07, 6.45) is 1.79. The summed E-state index contributed by atoms with van der Waals surface area (Å²) in [6.45, 7) is 0.597. The molecule has 0 radical (unpaired) electrons. The van der Waals surface area contributed by atoms with Gasteiger partial charge in [0.2, 0.25) is 0 Å². The molecule has 0 atom stereocenters. The number of ether oxygens (including phenoxy) is 1. The second kappa shape index (κ2) is 7.19. The number of benzene rings is 2. The minimum absolute atomic E-state index is 0.597. The second-order valence-corrected chi connectivity index (χ2v) is 5.82. The smallest absolute Gasteiger partial charge is 0.162 e. The van der Waals surface area contributed by atoms with Crippen LogP contribution in [0.2, 0.25) is 0 Å². The number of rotatable bonds is 5. The number of methoxy groups -OCH3 is 1. The lowest BCUT2D eigenvalue weighted by atomic mass is 10.1. The maximum Gasteiger partial charge on any atom is 0.162 e. The molecule has 0 saturated carbocycles. The Morgan fingerprint density at radius 2 is 1.81 bits per heavy atom. The highest BCUT2D eigenvalue weighted by Crippen LogP contribution is 2.27. The number of nitrogens with zero attached hydrogens (tertiary/aromatic N) is 3. The quantitative estimate of drug-likeness (QED) is 0.585. The van der Waals surface area contributed by atoms with E-state index in [9.17, 15) is 0 Å². The monoisotopic (exact) mass is 342 g/mol. The molecule has 0 fully saturated rings. The molecular weight excluding hydrogens is 324 g/mol. The Kier molecular flexibility index (Phi) is 4.43. The molecule has 2 heterocycles. The highest BCUT2D eigenvalue weighted by atomic mass is 16.5. The van der Waals surface area contributed by atoms with Crippen molar-refractivity contribution in [1.29, 1.82) is 0 Å². The van der Waals surface area contributed by atoms with E-state index in [1.165, 1.54) is 0 Å². The van der Waals surface area contributed by atoms with Gasteiger partial charge in [-0.1, -0.05) is 30.3 Å². The number of hydrogen-bond donors (Lipinski definition) is 1. The Morgan fingerprint density at radius 1 is 0.923 bits per heavy atom. The van der Waals surface area contributed by atoms with Crippen LogP contribution in [-0.4, -0.2) is 22.1 Å². The van der Waals surface area contributed by atoms with E-state index in [1.54, 1.807) is 13.3 Å². The zero-order chi connectivity index (χ0) is 17.8. The van der Waals surface area contributed by atoms with Gasteiger partial charge in [0.15, 0.2) is 5.82 Å². The molecule has 0 saturated heterocycles. The molecule has 5 nitrogen and oxygen atoms in total. The third kappa shape index (κ3) is 3.32.